The maximum atomic E-state index is 11.9. The van der Waals surface area contributed by atoms with Gasteiger partial charge in [0.15, 0.2) is 5.96 Å². The molecule has 0 aliphatic heterocycles. The average molecular weight is 383 g/mol. The molecular weight excluding hydrogens is 356 g/mol. The van der Waals surface area contributed by atoms with Gasteiger partial charge in [0.2, 0.25) is 5.91 Å². The second-order valence-electron chi connectivity index (χ2n) is 5.51. The Morgan fingerprint density at radius 3 is 2.78 bits per heavy atom. The minimum absolute atomic E-state index is 0.0429. The molecule has 0 aliphatic rings. The number of carbonyl (C=O) groups excluding carboxylic acids is 1. The molecule has 0 radical (unpaired) electrons. The van der Waals surface area contributed by atoms with Gasteiger partial charge in [0, 0.05) is 29.7 Å². The molecule has 6 heteroatoms. The molecule has 0 fully saturated rings. The fraction of sp³-hybridized carbons (Fsp3) is 0.529. The van der Waals surface area contributed by atoms with Crippen LogP contribution in [-0.2, 0) is 4.79 Å². The first-order valence-electron chi connectivity index (χ1n) is 8.12. The third kappa shape index (κ3) is 8.59. The van der Waals surface area contributed by atoms with E-state index >= 15 is 0 Å². The van der Waals surface area contributed by atoms with Crippen molar-refractivity contribution < 1.29 is 4.79 Å². The molecule has 4 N–H and O–H groups in total. The van der Waals surface area contributed by atoms with E-state index in [1.54, 1.807) is 0 Å². The Balaban J connectivity index is 2.24. The number of nitrogens with one attached hydrogen (secondary N) is 2. The van der Waals surface area contributed by atoms with Crippen molar-refractivity contribution in [1.29, 1.82) is 0 Å². The van der Waals surface area contributed by atoms with Crippen LogP contribution in [0.3, 0.4) is 0 Å². The van der Waals surface area contributed by atoms with E-state index in [1.165, 1.54) is 19.3 Å². The molecule has 0 heterocycles. The normalized spacial score (nSPS) is 11.3. The van der Waals surface area contributed by atoms with Crippen molar-refractivity contribution in [3.8, 4) is 0 Å². The number of nitrogens with zero attached hydrogens (tertiary/aromatic N) is 1. The number of hydrogen-bond acceptors (Lipinski definition) is 2. The number of unbranched alkanes of at least 4 members (excludes halogenated alkanes) is 3. The minimum Gasteiger partial charge on any atom is -0.370 e. The van der Waals surface area contributed by atoms with Crippen molar-refractivity contribution in [2.75, 3.05) is 18.4 Å². The standard InChI is InChI=1S/C17H27BrN4O/c1-3-4-5-6-10-20-17(19)21-11-9-16(23)22-15-8-7-14(18)12-13(15)2/h7-8,12H,3-6,9-11H2,1-2H3,(H,22,23)(H3,19,20,21). The van der Waals surface area contributed by atoms with Crippen molar-refractivity contribution in [2.45, 2.75) is 46.0 Å². The number of nitrogens with two attached hydrogens (primary N) is 1. The number of benzene rings is 1. The number of aliphatic imine (C=N–C) groups is 1. The fourth-order valence-corrected chi connectivity index (χ4v) is 2.55. The monoisotopic (exact) mass is 382 g/mol. The Hall–Kier alpha value is -1.56. The summed E-state index contributed by atoms with van der Waals surface area (Å²) >= 11 is 3.40. The zero-order chi connectivity index (χ0) is 17.1. The van der Waals surface area contributed by atoms with Gasteiger partial charge in [0.25, 0.3) is 0 Å². The number of anilines is 1. The highest BCUT2D eigenvalue weighted by atomic mass is 79.9. The van der Waals surface area contributed by atoms with Crippen LogP contribution in [0.1, 0.15) is 44.6 Å². The molecule has 0 aromatic heterocycles. The van der Waals surface area contributed by atoms with Gasteiger partial charge >= 0.3 is 0 Å². The largest absolute Gasteiger partial charge is 0.370 e. The van der Waals surface area contributed by atoms with Crippen molar-refractivity contribution in [3.63, 3.8) is 0 Å². The molecular formula is C17H27BrN4O. The second-order valence-corrected chi connectivity index (χ2v) is 6.43. The molecule has 0 unspecified atom stereocenters. The van der Waals surface area contributed by atoms with Gasteiger partial charge in [-0.25, -0.2) is 0 Å². The summed E-state index contributed by atoms with van der Waals surface area (Å²) in [5.41, 5.74) is 7.62. The van der Waals surface area contributed by atoms with Gasteiger partial charge in [-0.05, 0) is 37.1 Å². The van der Waals surface area contributed by atoms with E-state index in [1.807, 2.05) is 25.1 Å². The van der Waals surface area contributed by atoms with Gasteiger partial charge in [-0.2, -0.15) is 0 Å². The highest BCUT2D eigenvalue weighted by Crippen LogP contribution is 2.19. The summed E-state index contributed by atoms with van der Waals surface area (Å²) in [5, 5.41) is 5.87. The molecule has 0 saturated heterocycles. The molecule has 1 aromatic carbocycles. The highest BCUT2D eigenvalue weighted by molar-refractivity contribution is 9.10. The number of carbonyl (C=O) groups is 1. The Morgan fingerprint density at radius 2 is 2.09 bits per heavy atom. The lowest BCUT2D eigenvalue weighted by molar-refractivity contribution is -0.116. The van der Waals surface area contributed by atoms with Gasteiger partial charge < -0.3 is 16.4 Å². The Bertz CT molecular complexity index is 531. The molecule has 0 saturated carbocycles. The van der Waals surface area contributed by atoms with Crippen molar-refractivity contribution in [1.82, 2.24) is 5.32 Å². The number of rotatable bonds is 9. The summed E-state index contributed by atoms with van der Waals surface area (Å²) in [6, 6.07) is 5.76. The lowest BCUT2D eigenvalue weighted by Crippen LogP contribution is -2.34. The predicted molar refractivity (Wildman–Crippen MR) is 101 cm³/mol. The summed E-state index contributed by atoms with van der Waals surface area (Å²) in [5.74, 6) is 0.368. The lowest BCUT2D eigenvalue weighted by atomic mass is 10.2. The molecule has 128 valence electrons. The lowest BCUT2D eigenvalue weighted by Gasteiger charge is -2.09. The second kappa shape index (κ2) is 11.0. The van der Waals surface area contributed by atoms with E-state index in [4.69, 9.17) is 5.73 Å². The number of hydrogen-bond donors (Lipinski definition) is 3. The van der Waals surface area contributed by atoms with Crippen molar-refractivity contribution >= 4 is 33.5 Å². The summed E-state index contributed by atoms with van der Waals surface area (Å²) in [4.78, 5) is 16.2. The van der Waals surface area contributed by atoms with Gasteiger partial charge in [-0.15, -0.1) is 0 Å². The van der Waals surface area contributed by atoms with E-state index in [-0.39, 0.29) is 5.91 Å². The van der Waals surface area contributed by atoms with Crippen molar-refractivity contribution in [2.24, 2.45) is 10.7 Å². The van der Waals surface area contributed by atoms with Crippen molar-refractivity contribution in [3.05, 3.63) is 28.2 Å². The molecule has 1 aromatic rings. The molecule has 0 atom stereocenters. The van der Waals surface area contributed by atoms with Crippen LogP contribution in [0, 0.1) is 6.92 Å². The van der Waals surface area contributed by atoms with E-state index in [2.05, 4.69) is 38.5 Å². The highest BCUT2D eigenvalue weighted by Gasteiger charge is 2.05. The number of amides is 1. The van der Waals surface area contributed by atoms with Gasteiger partial charge in [0.05, 0.1) is 0 Å². The van der Waals surface area contributed by atoms with E-state index in [0.29, 0.717) is 18.9 Å². The number of halogens is 1. The maximum absolute atomic E-state index is 11.9. The van der Waals surface area contributed by atoms with Crippen LogP contribution in [0.5, 0.6) is 0 Å². The smallest absolute Gasteiger partial charge is 0.226 e. The SMILES string of the molecule is CCCCCCN=C(N)NCCC(=O)Nc1ccc(Br)cc1C. The Kier molecular flexibility index (Phi) is 9.36. The first-order chi connectivity index (χ1) is 11.0. The summed E-state index contributed by atoms with van der Waals surface area (Å²) in [6.45, 7) is 5.36. The van der Waals surface area contributed by atoms with E-state index in [0.717, 1.165) is 28.7 Å². The molecule has 5 nitrogen and oxygen atoms in total. The average Bonchev–Trinajstić information content (AvgIpc) is 2.50. The van der Waals surface area contributed by atoms with Crippen LogP contribution in [0.4, 0.5) is 5.69 Å². The van der Waals surface area contributed by atoms with Crippen LogP contribution in [0.15, 0.2) is 27.7 Å². The van der Waals surface area contributed by atoms with E-state index < -0.39 is 0 Å². The molecule has 23 heavy (non-hydrogen) atoms. The summed E-state index contributed by atoms with van der Waals surface area (Å²) in [7, 11) is 0. The van der Waals surface area contributed by atoms with Crippen LogP contribution in [-0.4, -0.2) is 25.0 Å². The van der Waals surface area contributed by atoms with E-state index in [9.17, 15) is 4.79 Å². The first-order valence-corrected chi connectivity index (χ1v) is 8.92. The number of guanidine groups is 1. The van der Waals surface area contributed by atoms with Crippen LogP contribution in [0.25, 0.3) is 0 Å². The van der Waals surface area contributed by atoms with Gasteiger partial charge in [-0.3, -0.25) is 9.79 Å². The topological polar surface area (TPSA) is 79.5 Å². The summed E-state index contributed by atoms with van der Waals surface area (Å²) in [6.07, 6.45) is 5.03. The third-order valence-corrected chi connectivity index (χ3v) is 3.91. The zero-order valence-electron chi connectivity index (χ0n) is 14.0. The van der Waals surface area contributed by atoms with Crippen LogP contribution < -0.4 is 16.4 Å². The minimum atomic E-state index is -0.0429. The summed E-state index contributed by atoms with van der Waals surface area (Å²) < 4.78 is 0.998. The fourth-order valence-electron chi connectivity index (χ4n) is 2.08. The molecule has 1 rings (SSSR count). The molecule has 0 aliphatic carbocycles. The number of aryl methyl sites for hydroxylation is 1. The molecule has 0 bridgehead atoms. The molecule has 1 amide bonds. The first kappa shape index (κ1) is 19.5. The molecule has 0 spiro atoms. The zero-order valence-corrected chi connectivity index (χ0v) is 15.6. The third-order valence-electron chi connectivity index (χ3n) is 3.41. The quantitative estimate of drug-likeness (QED) is 0.347. The van der Waals surface area contributed by atoms with Crippen LogP contribution in [0.2, 0.25) is 0 Å². The van der Waals surface area contributed by atoms with Crippen LogP contribution >= 0.6 is 15.9 Å². The van der Waals surface area contributed by atoms with Gasteiger partial charge in [-0.1, -0.05) is 42.1 Å². The van der Waals surface area contributed by atoms with Gasteiger partial charge in [0.1, 0.15) is 0 Å². The Morgan fingerprint density at radius 1 is 1.30 bits per heavy atom. The Labute approximate surface area is 147 Å². The predicted octanol–water partition coefficient (Wildman–Crippen LogP) is 3.57. The maximum Gasteiger partial charge on any atom is 0.226 e.